The van der Waals surface area contributed by atoms with Crippen molar-refractivity contribution in [1.82, 2.24) is 5.32 Å². The van der Waals surface area contributed by atoms with Crippen LogP contribution in [0.15, 0.2) is 0 Å². The molecule has 0 aromatic carbocycles. The Balaban J connectivity index is 1.96. The van der Waals surface area contributed by atoms with Crippen LogP contribution >= 0.6 is 0 Å². The van der Waals surface area contributed by atoms with E-state index < -0.39 is 0 Å². The van der Waals surface area contributed by atoms with Crippen molar-refractivity contribution >= 4 is 0 Å². The Morgan fingerprint density at radius 2 is 1.95 bits per heavy atom. The second kappa shape index (κ2) is 10.6. The monoisotopic (exact) mass is 285 g/mol. The zero-order valence-corrected chi connectivity index (χ0v) is 13.7. The van der Waals surface area contributed by atoms with E-state index in [0.717, 1.165) is 25.0 Å². The highest BCUT2D eigenvalue weighted by Gasteiger charge is 2.27. The number of rotatable bonds is 13. The highest BCUT2D eigenvalue weighted by molar-refractivity contribution is 4.80. The molecule has 20 heavy (non-hydrogen) atoms. The number of hydrogen-bond acceptors (Lipinski definition) is 3. The molecule has 2 N–H and O–H groups in total. The summed E-state index contributed by atoms with van der Waals surface area (Å²) in [6.45, 7) is 9.69. The van der Waals surface area contributed by atoms with E-state index in [-0.39, 0.29) is 6.10 Å². The minimum absolute atomic E-state index is 0.370. The fourth-order valence-corrected chi connectivity index (χ4v) is 2.64. The van der Waals surface area contributed by atoms with Crippen LogP contribution in [0.5, 0.6) is 0 Å². The highest BCUT2D eigenvalue weighted by Crippen LogP contribution is 2.35. The van der Waals surface area contributed by atoms with Crippen LogP contribution in [0, 0.1) is 17.8 Å². The maximum absolute atomic E-state index is 9.89. The first kappa shape index (κ1) is 17.9. The van der Waals surface area contributed by atoms with Crippen LogP contribution in [0.1, 0.15) is 59.3 Å². The van der Waals surface area contributed by atoms with E-state index in [2.05, 4.69) is 26.1 Å². The summed E-state index contributed by atoms with van der Waals surface area (Å²) < 4.78 is 5.67. The zero-order valence-electron chi connectivity index (χ0n) is 13.7. The number of hydrogen-bond donors (Lipinski definition) is 2. The Morgan fingerprint density at radius 1 is 1.20 bits per heavy atom. The van der Waals surface area contributed by atoms with Gasteiger partial charge in [-0.15, -0.1) is 0 Å². The average molecular weight is 285 g/mol. The Bertz CT molecular complexity index is 231. The third-order valence-electron chi connectivity index (χ3n) is 4.48. The van der Waals surface area contributed by atoms with Gasteiger partial charge in [0.1, 0.15) is 0 Å². The SMILES string of the molecule is CCCCC(CC)COCC(O)CNCC(C)C1CC1. The van der Waals surface area contributed by atoms with E-state index in [4.69, 9.17) is 4.74 Å². The summed E-state index contributed by atoms with van der Waals surface area (Å²) in [5.74, 6) is 2.34. The Morgan fingerprint density at radius 3 is 2.55 bits per heavy atom. The van der Waals surface area contributed by atoms with Gasteiger partial charge in [-0.3, -0.25) is 0 Å². The summed E-state index contributed by atoms with van der Waals surface area (Å²) in [5, 5.41) is 13.3. The van der Waals surface area contributed by atoms with Crippen LogP contribution in [0.3, 0.4) is 0 Å². The minimum atomic E-state index is -0.370. The van der Waals surface area contributed by atoms with Gasteiger partial charge in [0.15, 0.2) is 0 Å². The molecule has 0 spiro atoms. The molecular weight excluding hydrogens is 250 g/mol. The van der Waals surface area contributed by atoms with Crippen LogP contribution < -0.4 is 5.32 Å². The maximum Gasteiger partial charge on any atom is 0.0897 e. The molecule has 3 unspecified atom stereocenters. The molecule has 3 heteroatoms. The lowest BCUT2D eigenvalue weighted by Gasteiger charge is -2.18. The molecule has 1 aliphatic rings. The fraction of sp³-hybridized carbons (Fsp3) is 1.00. The summed E-state index contributed by atoms with van der Waals surface area (Å²) >= 11 is 0. The van der Waals surface area contributed by atoms with Crippen molar-refractivity contribution in [3.8, 4) is 0 Å². The van der Waals surface area contributed by atoms with Gasteiger partial charge in [0, 0.05) is 13.2 Å². The predicted octanol–water partition coefficient (Wildman–Crippen LogP) is 3.22. The van der Waals surface area contributed by atoms with E-state index >= 15 is 0 Å². The van der Waals surface area contributed by atoms with Gasteiger partial charge >= 0.3 is 0 Å². The van der Waals surface area contributed by atoms with Crippen molar-refractivity contribution in [2.24, 2.45) is 17.8 Å². The predicted molar refractivity (Wildman–Crippen MR) is 84.9 cm³/mol. The first-order chi connectivity index (χ1) is 9.67. The first-order valence-corrected chi connectivity index (χ1v) is 8.63. The molecule has 0 heterocycles. The molecule has 0 aliphatic heterocycles. The third kappa shape index (κ3) is 8.23. The van der Waals surface area contributed by atoms with Gasteiger partial charge in [0.05, 0.1) is 12.7 Å². The van der Waals surface area contributed by atoms with E-state index in [9.17, 15) is 5.11 Å². The van der Waals surface area contributed by atoms with Crippen molar-refractivity contribution in [2.75, 3.05) is 26.3 Å². The molecule has 1 aliphatic carbocycles. The average Bonchev–Trinajstić information content (AvgIpc) is 3.27. The quantitative estimate of drug-likeness (QED) is 0.546. The van der Waals surface area contributed by atoms with Gasteiger partial charge < -0.3 is 15.2 Å². The Labute approximate surface area is 125 Å². The number of ether oxygens (including phenoxy) is 1. The molecular formula is C17H35NO2. The molecule has 1 saturated carbocycles. The fourth-order valence-electron chi connectivity index (χ4n) is 2.64. The molecule has 1 rings (SSSR count). The maximum atomic E-state index is 9.89. The smallest absolute Gasteiger partial charge is 0.0897 e. The lowest BCUT2D eigenvalue weighted by molar-refractivity contribution is 0.0190. The van der Waals surface area contributed by atoms with Crippen LogP contribution in [0.25, 0.3) is 0 Å². The third-order valence-corrected chi connectivity index (χ3v) is 4.48. The van der Waals surface area contributed by atoms with Gasteiger partial charge in [-0.25, -0.2) is 0 Å². The summed E-state index contributed by atoms with van der Waals surface area (Å²) in [5.41, 5.74) is 0. The number of aliphatic hydroxyl groups is 1. The Kier molecular flexibility index (Phi) is 9.49. The summed E-state index contributed by atoms with van der Waals surface area (Å²) in [4.78, 5) is 0. The second-order valence-electron chi connectivity index (χ2n) is 6.58. The summed E-state index contributed by atoms with van der Waals surface area (Å²) in [6, 6.07) is 0. The van der Waals surface area contributed by atoms with Gasteiger partial charge in [0.25, 0.3) is 0 Å². The van der Waals surface area contributed by atoms with Crippen molar-refractivity contribution in [1.29, 1.82) is 0 Å². The number of unbranched alkanes of at least 4 members (excludes halogenated alkanes) is 1. The van der Waals surface area contributed by atoms with E-state index in [0.29, 0.717) is 19.1 Å². The number of nitrogens with one attached hydrogen (secondary N) is 1. The van der Waals surface area contributed by atoms with E-state index in [1.807, 2.05) is 0 Å². The number of aliphatic hydroxyl groups excluding tert-OH is 1. The van der Waals surface area contributed by atoms with Crippen molar-refractivity contribution in [2.45, 2.75) is 65.4 Å². The molecule has 0 aromatic rings. The summed E-state index contributed by atoms with van der Waals surface area (Å²) in [7, 11) is 0. The van der Waals surface area contributed by atoms with Crippen LogP contribution in [-0.2, 0) is 4.74 Å². The molecule has 3 nitrogen and oxygen atoms in total. The molecule has 0 radical (unpaired) electrons. The lowest BCUT2D eigenvalue weighted by atomic mass is 10.0. The molecule has 0 aromatic heterocycles. The van der Waals surface area contributed by atoms with E-state index in [1.54, 1.807) is 0 Å². The first-order valence-electron chi connectivity index (χ1n) is 8.63. The second-order valence-corrected chi connectivity index (χ2v) is 6.58. The summed E-state index contributed by atoms with van der Waals surface area (Å²) in [6.07, 6.45) is 7.38. The van der Waals surface area contributed by atoms with Gasteiger partial charge in [-0.2, -0.15) is 0 Å². The minimum Gasteiger partial charge on any atom is -0.389 e. The molecule has 1 fully saturated rings. The van der Waals surface area contributed by atoms with Crippen LogP contribution in [-0.4, -0.2) is 37.5 Å². The largest absolute Gasteiger partial charge is 0.389 e. The molecule has 120 valence electrons. The van der Waals surface area contributed by atoms with Gasteiger partial charge in [0.2, 0.25) is 0 Å². The lowest BCUT2D eigenvalue weighted by Crippen LogP contribution is -2.33. The van der Waals surface area contributed by atoms with Gasteiger partial charge in [-0.05, 0) is 43.6 Å². The van der Waals surface area contributed by atoms with E-state index in [1.165, 1.54) is 38.5 Å². The molecule has 0 amide bonds. The Hall–Kier alpha value is -0.120. The topological polar surface area (TPSA) is 41.5 Å². The molecule has 0 bridgehead atoms. The zero-order chi connectivity index (χ0) is 14.8. The van der Waals surface area contributed by atoms with Crippen LogP contribution in [0.4, 0.5) is 0 Å². The van der Waals surface area contributed by atoms with Gasteiger partial charge in [-0.1, -0.05) is 40.0 Å². The standard InChI is InChI=1S/C17H35NO2/c1-4-6-7-15(5-2)12-20-13-17(19)11-18-10-14(3)16-8-9-16/h14-19H,4-13H2,1-3H3. The van der Waals surface area contributed by atoms with Crippen molar-refractivity contribution in [3.05, 3.63) is 0 Å². The molecule has 3 atom stereocenters. The highest BCUT2D eigenvalue weighted by atomic mass is 16.5. The van der Waals surface area contributed by atoms with Crippen molar-refractivity contribution < 1.29 is 9.84 Å². The molecule has 0 saturated heterocycles. The van der Waals surface area contributed by atoms with Crippen molar-refractivity contribution in [3.63, 3.8) is 0 Å². The normalized spacial score (nSPS) is 19.8. The van der Waals surface area contributed by atoms with Crippen LogP contribution in [0.2, 0.25) is 0 Å².